The molecule has 7 heteroatoms. The lowest BCUT2D eigenvalue weighted by molar-refractivity contribution is 0.0619. The fourth-order valence-electron chi connectivity index (χ4n) is 4.54. The van der Waals surface area contributed by atoms with Gasteiger partial charge in [-0.05, 0) is 61.9 Å². The second-order valence-corrected chi connectivity index (χ2v) is 8.88. The van der Waals surface area contributed by atoms with Crippen molar-refractivity contribution < 1.29 is 13.6 Å². The molecule has 0 N–H and O–H groups in total. The van der Waals surface area contributed by atoms with Crippen LogP contribution in [0.15, 0.2) is 100 Å². The highest BCUT2D eigenvalue weighted by Crippen LogP contribution is 2.30. The third-order valence-electron chi connectivity index (χ3n) is 6.43. The van der Waals surface area contributed by atoms with E-state index in [9.17, 15) is 14.0 Å². The number of carbonyl (C=O) groups is 1. The van der Waals surface area contributed by atoms with E-state index in [1.807, 2.05) is 44.2 Å². The lowest BCUT2D eigenvalue weighted by Crippen LogP contribution is -2.38. The van der Waals surface area contributed by atoms with E-state index in [1.54, 1.807) is 47.0 Å². The Balaban J connectivity index is 1.74. The van der Waals surface area contributed by atoms with Crippen molar-refractivity contribution in [2.75, 3.05) is 0 Å². The van der Waals surface area contributed by atoms with Gasteiger partial charge in [0.25, 0.3) is 11.5 Å². The largest absolute Gasteiger partial charge is 0.467 e. The average molecular weight is 496 g/mol. The first kappa shape index (κ1) is 24.2. The van der Waals surface area contributed by atoms with Gasteiger partial charge in [0.1, 0.15) is 17.4 Å². The number of para-hydroxylation sites is 1. The number of amides is 1. The van der Waals surface area contributed by atoms with E-state index in [0.717, 1.165) is 5.56 Å². The van der Waals surface area contributed by atoms with E-state index in [1.165, 1.54) is 23.3 Å². The summed E-state index contributed by atoms with van der Waals surface area (Å²) >= 11 is 0. The van der Waals surface area contributed by atoms with E-state index in [-0.39, 0.29) is 17.7 Å². The molecule has 5 aromatic rings. The molecular formula is C30H26FN3O3. The van der Waals surface area contributed by atoms with Crippen LogP contribution in [0.25, 0.3) is 16.6 Å². The van der Waals surface area contributed by atoms with Crippen LogP contribution in [0.5, 0.6) is 0 Å². The van der Waals surface area contributed by atoms with Gasteiger partial charge in [0.15, 0.2) is 0 Å². The molecule has 186 valence electrons. The number of furan rings is 1. The standard InChI is InChI=1S/C30H26FN3O3/c1-3-27(33(19-22-9-8-18-37-22)29(35)23-10-4-6-12-25(23)31)28-32-26-13-7-5-11-24(26)30(36)34(28)21-16-14-20(2)15-17-21/h4-18,27H,3,19H2,1-2H3. The minimum atomic E-state index is -0.657. The zero-order valence-corrected chi connectivity index (χ0v) is 20.6. The first-order valence-electron chi connectivity index (χ1n) is 12.1. The van der Waals surface area contributed by atoms with Gasteiger partial charge in [-0.25, -0.2) is 9.37 Å². The third kappa shape index (κ3) is 4.68. The molecule has 0 fully saturated rings. The zero-order valence-electron chi connectivity index (χ0n) is 20.6. The van der Waals surface area contributed by atoms with Crippen LogP contribution in [0, 0.1) is 12.7 Å². The Labute approximate surface area is 213 Å². The average Bonchev–Trinajstić information content (AvgIpc) is 3.43. The molecule has 0 saturated carbocycles. The maximum atomic E-state index is 14.8. The number of aryl methyl sites for hydroxylation is 1. The number of rotatable bonds is 7. The summed E-state index contributed by atoms with van der Waals surface area (Å²) < 4.78 is 21.9. The van der Waals surface area contributed by atoms with Crippen molar-refractivity contribution in [2.45, 2.75) is 32.9 Å². The van der Waals surface area contributed by atoms with Crippen molar-refractivity contribution in [1.82, 2.24) is 14.5 Å². The summed E-state index contributed by atoms with van der Waals surface area (Å²) in [7, 11) is 0. The monoisotopic (exact) mass is 495 g/mol. The molecule has 2 aromatic heterocycles. The SMILES string of the molecule is CCC(c1nc2ccccc2c(=O)n1-c1ccc(C)cc1)N(Cc1ccco1)C(=O)c1ccccc1F. The molecule has 0 aliphatic carbocycles. The van der Waals surface area contributed by atoms with Crippen LogP contribution in [0.2, 0.25) is 0 Å². The minimum absolute atomic E-state index is 0.0578. The van der Waals surface area contributed by atoms with Gasteiger partial charge in [0, 0.05) is 0 Å². The number of benzene rings is 3. The van der Waals surface area contributed by atoms with Crippen molar-refractivity contribution in [2.24, 2.45) is 0 Å². The molecule has 0 aliphatic heterocycles. The van der Waals surface area contributed by atoms with Crippen LogP contribution in [0.4, 0.5) is 4.39 Å². The molecule has 3 aromatic carbocycles. The predicted octanol–water partition coefficient (Wildman–Crippen LogP) is 6.22. The van der Waals surface area contributed by atoms with Crippen molar-refractivity contribution in [3.63, 3.8) is 0 Å². The summed E-state index contributed by atoms with van der Waals surface area (Å²) in [6, 6.07) is 23.4. The van der Waals surface area contributed by atoms with Crippen LogP contribution >= 0.6 is 0 Å². The molecule has 0 radical (unpaired) electrons. The Hall–Kier alpha value is -4.52. The van der Waals surface area contributed by atoms with Crippen molar-refractivity contribution in [1.29, 1.82) is 0 Å². The Bertz CT molecular complexity index is 1610. The van der Waals surface area contributed by atoms with Gasteiger partial charge in [-0.3, -0.25) is 14.2 Å². The van der Waals surface area contributed by atoms with Crippen LogP contribution < -0.4 is 5.56 Å². The Kier molecular flexibility index (Phi) is 6.68. The smallest absolute Gasteiger partial charge is 0.266 e. The van der Waals surface area contributed by atoms with Gasteiger partial charge in [-0.1, -0.05) is 48.9 Å². The topological polar surface area (TPSA) is 68.3 Å². The highest BCUT2D eigenvalue weighted by molar-refractivity contribution is 5.94. The molecule has 0 bridgehead atoms. The number of hydrogen-bond acceptors (Lipinski definition) is 4. The van der Waals surface area contributed by atoms with Gasteiger partial charge < -0.3 is 9.32 Å². The number of fused-ring (bicyclic) bond motifs is 1. The van der Waals surface area contributed by atoms with Crippen LogP contribution in [-0.2, 0) is 6.54 Å². The van der Waals surface area contributed by atoms with Crippen molar-refractivity contribution >= 4 is 16.8 Å². The molecule has 1 atom stereocenters. The molecule has 0 spiro atoms. The van der Waals surface area contributed by atoms with Crippen molar-refractivity contribution in [3.8, 4) is 5.69 Å². The van der Waals surface area contributed by atoms with Gasteiger partial charge in [-0.15, -0.1) is 0 Å². The minimum Gasteiger partial charge on any atom is -0.467 e. The lowest BCUT2D eigenvalue weighted by Gasteiger charge is -2.32. The molecule has 1 unspecified atom stereocenters. The molecule has 6 nitrogen and oxygen atoms in total. The molecular weight excluding hydrogens is 469 g/mol. The Morgan fingerprint density at radius 1 is 1.00 bits per heavy atom. The van der Waals surface area contributed by atoms with Crippen LogP contribution in [-0.4, -0.2) is 20.4 Å². The highest BCUT2D eigenvalue weighted by atomic mass is 19.1. The maximum absolute atomic E-state index is 14.8. The zero-order chi connectivity index (χ0) is 25.9. The number of aromatic nitrogens is 2. The summed E-state index contributed by atoms with van der Waals surface area (Å²) in [5, 5.41) is 0.472. The summed E-state index contributed by atoms with van der Waals surface area (Å²) in [5.41, 5.74) is 1.92. The highest BCUT2D eigenvalue weighted by Gasteiger charge is 2.31. The van der Waals surface area contributed by atoms with Crippen molar-refractivity contribution in [3.05, 3.63) is 130 Å². The first-order chi connectivity index (χ1) is 18.0. The number of carbonyl (C=O) groups excluding carboxylic acids is 1. The fraction of sp³-hybridized carbons (Fsp3) is 0.167. The lowest BCUT2D eigenvalue weighted by atomic mass is 10.1. The van der Waals surface area contributed by atoms with E-state index in [4.69, 9.17) is 9.40 Å². The fourth-order valence-corrected chi connectivity index (χ4v) is 4.54. The normalized spacial score (nSPS) is 12.0. The van der Waals surface area contributed by atoms with Gasteiger partial charge in [0.2, 0.25) is 0 Å². The molecule has 0 aliphatic rings. The first-order valence-corrected chi connectivity index (χ1v) is 12.1. The summed E-state index contributed by atoms with van der Waals surface area (Å²) in [4.78, 5) is 34.1. The molecule has 37 heavy (non-hydrogen) atoms. The molecule has 5 rings (SSSR count). The molecule has 2 heterocycles. The summed E-state index contributed by atoms with van der Waals surface area (Å²) in [6.07, 6.45) is 1.95. The van der Waals surface area contributed by atoms with Crippen LogP contribution in [0.1, 0.15) is 46.9 Å². The van der Waals surface area contributed by atoms with Gasteiger partial charge >= 0.3 is 0 Å². The second kappa shape index (κ2) is 10.2. The number of hydrogen-bond donors (Lipinski definition) is 0. The quantitative estimate of drug-likeness (QED) is 0.269. The summed E-state index contributed by atoms with van der Waals surface area (Å²) in [5.74, 6) is -0.201. The van der Waals surface area contributed by atoms with E-state index in [2.05, 4.69) is 0 Å². The van der Waals surface area contributed by atoms with Gasteiger partial charge in [0.05, 0.1) is 41.0 Å². The Morgan fingerprint density at radius 2 is 1.73 bits per heavy atom. The van der Waals surface area contributed by atoms with Crippen LogP contribution in [0.3, 0.4) is 0 Å². The third-order valence-corrected chi connectivity index (χ3v) is 6.43. The summed E-state index contributed by atoms with van der Waals surface area (Å²) in [6.45, 7) is 3.96. The van der Waals surface area contributed by atoms with E-state index < -0.39 is 17.8 Å². The second-order valence-electron chi connectivity index (χ2n) is 8.88. The molecule has 0 saturated heterocycles. The predicted molar refractivity (Wildman–Crippen MR) is 140 cm³/mol. The number of halogens is 1. The Morgan fingerprint density at radius 3 is 2.43 bits per heavy atom. The maximum Gasteiger partial charge on any atom is 0.266 e. The van der Waals surface area contributed by atoms with E-state index >= 15 is 0 Å². The molecule has 1 amide bonds. The van der Waals surface area contributed by atoms with E-state index in [0.29, 0.717) is 34.6 Å². The van der Waals surface area contributed by atoms with Gasteiger partial charge in [-0.2, -0.15) is 0 Å². The number of nitrogens with zero attached hydrogens (tertiary/aromatic N) is 3.